The Morgan fingerprint density at radius 3 is 2.87 bits per heavy atom. The molecule has 0 aliphatic heterocycles. The second-order valence-electron chi connectivity index (χ2n) is 7.28. The Bertz CT molecular complexity index is 1160. The molecule has 1 atom stereocenters. The molecule has 1 unspecified atom stereocenters. The first-order chi connectivity index (χ1) is 14.3. The van der Waals surface area contributed by atoms with Crippen molar-refractivity contribution in [3.05, 3.63) is 47.5 Å². The molecule has 0 radical (unpaired) electrons. The van der Waals surface area contributed by atoms with Gasteiger partial charge in [0.05, 0.1) is 17.8 Å². The zero-order valence-electron chi connectivity index (χ0n) is 15.9. The van der Waals surface area contributed by atoms with Crippen LogP contribution in [0.1, 0.15) is 34.6 Å². The Morgan fingerprint density at radius 2 is 2.20 bits per heavy atom. The molecule has 0 saturated heterocycles. The average Bonchev–Trinajstić information content (AvgIpc) is 3.44. The third-order valence-corrected chi connectivity index (χ3v) is 5.18. The number of rotatable bonds is 5. The van der Waals surface area contributed by atoms with Gasteiger partial charge >= 0.3 is 6.18 Å². The second-order valence-corrected chi connectivity index (χ2v) is 7.28. The highest BCUT2D eigenvalue weighted by Crippen LogP contribution is 2.44. The van der Waals surface area contributed by atoms with E-state index in [1.54, 1.807) is 25.1 Å². The lowest BCUT2D eigenvalue weighted by Crippen LogP contribution is -2.37. The smallest absolute Gasteiger partial charge is 0.351 e. The number of carbonyl (C=O) groups excluding carboxylic acids is 1. The number of hydrogen-bond donors (Lipinski definition) is 1. The van der Waals surface area contributed by atoms with Gasteiger partial charge in [-0.15, -0.1) is 0 Å². The maximum absolute atomic E-state index is 13.2. The van der Waals surface area contributed by atoms with E-state index >= 15 is 0 Å². The first-order valence-electron chi connectivity index (χ1n) is 9.35. The minimum atomic E-state index is -4.36. The van der Waals surface area contributed by atoms with Gasteiger partial charge in [-0.25, -0.2) is 14.5 Å². The molecule has 1 aliphatic rings. The molecule has 1 saturated carbocycles. The van der Waals surface area contributed by atoms with Crippen LogP contribution in [-0.2, 0) is 0 Å². The molecule has 154 valence electrons. The van der Waals surface area contributed by atoms with Crippen LogP contribution < -0.4 is 5.32 Å². The van der Waals surface area contributed by atoms with Gasteiger partial charge in [-0.3, -0.25) is 4.79 Å². The second kappa shape index (κ2) is 7.40. The molecule has 1 N–H and O–H groups in total. The molecular weight excluding hydrogens is 397 g/mol. The third kappa shape index (κ3) is 3.70. The number of nitrogens with zero attached hydrogens (tertiary/aromatic N) is 5. The molecule has 1 fully saturated rings. The molecule has 1 aliphatic carbocycles. The molecular formula is C20H17F3N6O. The van der Waals surface area contributed by atoms with Crippen LogP contribution in [0.15, 0.2) is 30.6 Å². The number of pyridine rings is 1. The maximum atomic E-state index is 13.2. The van der Waals surface area contributed by atoms with Crippen LogP contribution in [0.5, 0.6) is 0 Å². The van der Waals surface area contributed by atoms with Gasteiger partial charge in [0, 0.05) is 24.0 Å². The van der Waals surface area contributed by atoms with Gasteiger partial charge in [0.25, 0.3) is 5.91 Å². The molecule has 1 amide bonds. The summed E-state index contributed by atoms with van der Waals surface area (Å²) >= 11 is 0. The van der Waals surface area contributed by atoms with E-state index < -0.39 is 30.5 Å². The molecule has 10 heteroatoms. The molecule has 0 spiro atoms. The average molecular weight is 414 g/mol. The standard InChI is InChI=1S/C20H17F3N6O/c1-11-7-16(13-3-2-6-25-17(13)8-24)28-18-14(9-27-29(11)18)19(30)26-10-15(12-4-5-12)20(21,22)23/h2-3,6-7,9,12,15H,4-5,10H2,1H3,(H,26,30). The van der Waals surface area contributed by atoms with Gasteiger partial charge in [-0.05, 0) is 43.9 Å². The molecule has 4 rings (SSSR count). The fraction of sp³-hybridized carbons (Fsp3) is 0.350. The lowest BCUT2D eigenvalue weighted by molar-refractivity contribution is -0.178. The van der Waals surface area contributed by atoms with Crippen molar-refractivity contribution in [3.8, 4) is 17.3 Å². The fourth-order valence-electron chi connectivity index (χ4n) is 3.46. The van der Waals surface area contributed by atoms with Crippen molar-refractivity contribution in [2.45, 2.75) is 25.9 Å². The quantitative estimate of drug-likeness (QED) is 0.691. The molecule has 30 heavy (non-hydrogen) atoms. The van der Waals surface area contributed by atoms with E-state index in [0.29, 0.717) is 29.8 Å². The van der Waals surface area contributed by atoms with Crippen LogP contribution in [-0.4, -0.2) is 38.2 Å². The van der Waals surface area contributed by atoms with E-state index in [4.69, 9.17) is 0 Å². The Labute approximate surface area is 169 Å². The van der Waals surface area contributed by atoms with Crippen molar-refractivity contribution in [3.63, 3.8) is 0 Å². The first-order valence-corrected chi connectivity index (χ1v) is 9.35. The van der Waals surface area contributed by atoms with Crippen molar-refractivity contribution in [1.82, 2.24) is 24.9 Å². The summed E-state index contributed by atoms with van der Waals surface area (Å²) in [5.41, 5.74) is 2.00. The van der Waals surface area contributed by atoms with Crippen molar-refractivity contribution in [2.24, 2.45) is 11.8 Å². The topological polar surface area (TPSA) is 96.0 Å². The highest BCUT2D eigenvalue weighted by molar-refractivity contribution is 5.99. The van der Waals surface area contributed by atoms with Gasteiger partial charge in [0.15, 0.2) is 5.65 Å². The summed E-state index contributed by atoms with van der Waals surface area (Å²) in [4.78, 5) is 21.1. The molecule has 3 heterocycles. The zero-order valence-corrected chi connectivity index (χ0v) is 15.9. The van der Waals surface area contributed by atoms with Crippen LogP contribution in [0.4, 0.5) is 13.2 Å². The van der Waals surface area contributed by atoms with Crippen molar-refractivity contribution in [1.29, 1.82) is 5.26 Å². The monoisotopic (exact) mass is 414 g/mol. The van der Waals surface area contributed by atoms with Crippen LogP contribution in [0, 0.1) is 30.1 Å². The van der Waals surface area contributed by atoms with Gasteiger partial charge in [-0.2, -0.15) is 23.5 Å². The number of aromatic nitrogens is 4. The molecule has 3 aromatic rings. The normalized spacial score (nSPS) is 15.0. The van der Waals surface area contributed by atoms with Crippen LogP contribution in [0.25, 0.3) is 16.9 Å². The predicted molar refractivity (Wildman–Crippen MR) is 100 cm³/mol. The SMILES string of the molecule is Cc1cc(-c2cccnc2C#N)nc2c(C(=O)NCC(C3CC3)C(F)(F)F)cnn12. The maximum Gasteiger partial charge on any atom is 0.393 e. The summed E-state index contributed by atoms with van der Waals surface area (Å²) in [6.45, 7) is 1.27. The summed E-state index contributed by atoms with van der Waals surface area (Å²) in [5.74, 6) is -2.66. The van der Waals surface area contributed by atoms with Crippen LogP contribution in [0.2, 0.25) is 0 Å². The van der Waals surface area contributed by atoms with Gasteiger partial charge in [-0.1, -0.05) is 0 Å². The summed E-state index contributed by atoms with van der Waals surface area (Å²) in [6, 6.07) is 7.04. The number of halogens is 3. The van der Waals surface area contributed by atoms with E-state index in [0.717, 1.165) is 0 Å². The van der Waals surface area contributed by atoms with E-state index in [2.05, 4.69) is 20.4 Å². The van der Waals surface area contributed by atoms with Crippen LogP contribution in [0.3, 0.4) is 0 Å². The third-order valence-electron chi connectivity index (χ3n) is 5.18. The van der Waals surface area contributed by atoms with Crippen LogP contribution >= 0.6 is 0 Å². The van der Waals surface area contributed by atoms with E-state index in [1.807, 2.05) is 6.07 Å². The number of carbonyl (C=O) groups is 1. The number of nitrogens with one attached hydrogen (secondary N) is 1. The Morgan fingerprint density at radius 1 is 1.43 bits per heavy atom. The first kappa shape index (κ1) is 19.8. The number of nitriles is 1. The van der Waals surface area contributed by atoms with E-state index in [-0.39, 0.29) is 16.9 Å². The van der Waals surface area contributed by atoms with Gasteiger partial charge in [0.2, 0.25) is 0 Å². The minimum absolute atomic E-state index is 0.0686. The number of fused-ring (bicyclic) bond motifs is 1. The Balaban J connectivity index is 1.66. The lowest BCUT2D eigenvalue weighted by Gasteiger charge is -2.20. The zero-order chi connectivity index (χ0) is 21.5. The van der Waals surface area contributed by atoms with Crippen molar-refractivity contribution >= 4 is 11.6 Å². The van der Waals surface area contributed by atoms with E-state index in [1.165, 1.54) is 16.9 Å². The van der Waals surface area contributed by atoms with Gasteiger partial charge < -0.3 is 5.32 Å². The summed E-state index contributed by atoms with van der Waals surface area (Å²) in [6.07, 6.45) is -0.545. The Kier molecular flexibility index (Phi) is 4.89. The number of hydrogen-bond acceptors (Lipinski definition) is 5. The van der Waals surface area contributed by atoms with E-state index in [9.17, 15) is 23.2 Å². The van der Waals surface area contributed by atoms with Crippen molar-refractivity contribution < 1.29 is 18.0 Å². The largest absolute Gasteiger partial charge is 0.393 e. The highest BCUT2D eigenvalue weighted by atomic mass is 19.4. The summed E-state index contributed by atoms with van der Waals surface area (Å²) in [7, 11) is 0. The van der Waals surface area contributed by atoms with Gasteiger partial charge in [0.1, 0.15) is 17.3 Å². The van der Waals surface area contributed by atoms with Crippen molar-refractivity contribution in [2.75, 3.05) is 6.54 Å². The number of aryl methyl sites for hydroxylation is 1. The number of alkyl halides is 3. The summed E-state index contributed by atoms with van der Waals surface area (Å²) < 4.78 is 41.1. The molecule has 0 aromatic carbocycles. The molecule has 7 nitrogen and oxygen atoms in total. The minimum Gasteiger partial charge on any atom is -0.351 e. The molecule has 0 bridgehead atoms. The predicted octanol–water partition coefficient (Wildman–Crippen LogP) is 3.29. The fourth-order valence-corrected chi connectivity index (χ4v) is 3.46. The number of amides is 1. The Hall–Kier alpha value is -3.48. The highest BCUT2D eigenvalue weighted by Gasteiger charge is 2.48. The summed E-state index contributed by atoms with van der Waals surface area (Å²) in [5, 5.41) is 15.8. The lowest BCUT2D eigenvalue weighted by atomic mass is 10.0. The molecule has 3 aromatic heterocycles.